The Bertz CT molecular complexity index is 2440. The number of carbonyl (C=O) groups excluding carboxylic acids is 2. The lowest BCUT2D eigenvalue weighted by molar-refractivity contribution is -0.870. The molecule has 0 amide bonds. The maximum Gasteiger partial charge on any atom is 0.472 e. The van der Waals surface area contributed by atoms with Crippen molar-refractivity contribution in [3.8, 4) is 0 Å². The van der Waals surface area contributed by atoms with Crippen LogP contribution in [0.2, 0.25) is 0 Å². The van der Waals surface area contributed by atoms with Crippen LogP contribution in [0.5, 0.6) is 0 Å². The second kappa shape index (κ2) is 71.4. The largest absolute Gasteiger partial charge is 0.472 e. The summed E-state index contributed by atoms with van der Waals surface area (Å²) < 4.78 is 34.6. The van der Waals surface area contributed by atoms with Crippen molar-refractivity contribution >= 4 is 19.8 Å². The number of ether oxygens (including phenoxy) is 2. The standard InChI is InChI=1S/C84H130NO8P/c1-6-8-10-12-14-16-18-20-22-24-26-28-30-32-34-36-38-39-40-41-42-43-44-45-47-49-51-53-55-57-59-61-63-65-67-69-71-73-75-77-84(87)93-82(81-92-94(88,89)91-79-78-85(3,4)5)80-90-83(86)76-74-72-70-68-66-64-62-60-58-56-54-52-50-48-46-37-35-33-31-29-27-25-23-21-19-17-15-13-11-9-7-2/h8-11,14-17,20-23,26-29,32-35,38-39,41-42,44-46,48-49,51-52,54-55,57,61,63,67,69,82H,6-7,12-13,18-19,24-25,30-31,36-37,40,43,47,50,53,56,58-60,62,64-66,68,70-81H2,1-5H3/p+1/b10-8-,11-9-,16-14-,17-15-,22-20-,23-21-,28-26-,29-27-,34-32-,35-33-,39-38-,42-41-,45-44-,48-46-,51-49-,54-52-,57-55-,63-61-,69-67-. The first-order valence-corrected chi connectivity index (χ1v) is 37.6. The summed E-state index contributed by atoms with van der Waals surface area (Å²) >= 11 is 0. The van der Waals surface area contributed by atoms with Crippen molar-refractivity contribution < 1.29 is 42.1 Å². The van der Waals surface area contributed by atoms with Gasteiger partial charge in [0.2, 0.25) is 0 Å². The van der Waals surface area contributed by atoms with Gasteiger partial charge < -0.3 is 18.9 Å². The van der Waals surface area contributed by atoms with Crippen molar-refractivity contribution in [1.82, 2.24) is 0 Å². The predicted octanol–water partition coefficient (Wildman–Crippen LogP) is 24.2. The summed E-state index contributed by atoms with van der Waals surface area (Å²) in [4.78, 5) is 35.9. The Morgan fingerprint density at radius 1 is 0.330 bits per heavy atom. The van der Waals surface area contributed by atoms with Crippen LogP contribution >= 0.6 is 7.82 Å². The van der Waals surface area contributed by atoms with Gasteiger partial charge in [-0.15, -0.1) is 0 Å². The lowest BCUT2D eigenvalue weighted by Crippen LogP contribution is -2.37. The van der Waals surface area contributed by atoms with Crippen molar-refractivity contribution in [2.24, 2.45) is 0 Å². The number of allylic oxidation sites excluding steroid dienone is 38. The van der Waals surface area contributed by atoms with Gasteiger partial charge in [0.1, 0.15) is 19.8 Å². The first-order chi connectivity index (χ1) is 46.0. The summed E-state index contributed by atoms with van der Waals surface area (Å²) in [6.45, 7) is 4.11. The van der Waals surface area contributed by atoms with E-state index >= 15 is 0 Å². The number of unbranched alkanes of at least 4 members (excludes halogenated alkanes) is 11. The molecular formula is C84H131NO8P+. The number of carbonyl (C=O) groups is 2. The number of hydrogen-bond donors (Lipinski definition) is 1. The van der Waals surface area contributed by atoms with E-state index in [1.54, 1.807) is 0 Å². The van der Waals surface area contributed by atoms with E-state index in [1.807, 2.05) is 21.1 Å². The van der Waals surface area contributed by atoms with Gasteiger partial charge >= 0.3 is 19.8 Å². The molecule has 9 nitrogen and oxygen atoms in total. The van der Waals surface area contributed by atoms with Crippen LogP contribution in [0, 0.1) is 0 Å². The maximum absolute atomic E-state index is 12.9. The van der Waals surface area contributed by atoms with Crippen molar-refractivity contribution in [1.29, 1.82) is 0 Å². The number of phosphoric acid groups is 1. The summed E-state index contributed by atoms with van der Waals surface area (Å²) in [6, 6.07) is 0. The quantitative estimate of drug-likeness (QED) is 0.0211. The molecule has 0 fully saturated rings. The molecule has 0 aromatic rings. The number of hydrogen-bond acceptors (Lipinski definition) is 7. The van der Waals surface area contributed by atoms with E-state index in [1.165, 1.54) is 32.1 Å². The molecular weight excluding hydrogens is 1180 g/mol. The highest BCUT2D eigenvalue weighted by Crippen LogP contribution is 2.43. The number of likely N-dealkylation sites (N-methyl/N-ethyl adjacent to an activating group) is 1. The second-order valence-corrected chi connectivity index (χ2v) is 25.6. The summed E-state index contributed by atoms with van der Waals surface area (Å²) in [5.41, 5.74) is 0. The lowest BCUT2D eigenvalue weighted by Gasteiger charge is -2.24. The molecule has 10 heteroatoms. The molecule has 0 aliphatic rings. The molecule has 0 aliphatic heterocycles. The maximum atomic E-state index is 12.9. The lowest BCUT2D eigenvalue weighted by atomic mass is 10.1. The third kappa shape index (κ3) is 75.1. The third-order valence-electron chi connectivity index (χ3n) is 14.2. The molecule has 0 aromatic heterocycles. The Kier molecular flexibility index (Phi) is 66.9. The fourth-order valence-electron chi connectivity index (χ4n) is 8.74. The van der Waals surface area contributed by atoms with Crippen LogP contribution in [0.25, 0.3) is 0 Å². The zero-order valence-electron chi connectivity index (χ0n) is 59.6. The van der Waals surface area contributed by atoms with Gasteiger partial charge in [0.25, 0.3) is 0 Å². The minimum Gasteiger partial charge on any atom is -0.462 e. The minimum absolute atomic E-state index is 0.00866. The van der Waals surface area contributed by atoms with Crippen molar-refractivity contribution in [2.45, 2.75) is 238 Å². The molecule has 0 radical (unpaired) electrons. The monoisotopic (exact) mass is 1310 g/mol. The van der Waals surface area contributed by atoms with E-state index in [2.05, 4.69) is 245 Å². The SMILES string of the molecule is CC/C=C\C/C=C\C/C=C\C/C=C\C/C=C\C/C=C\C/C=C\C/C=C\C/C=C\C/C=C\C/C=C\C/C=C\CCCCC(=O)OC(COC(=O)CCCCCCCCCCC/C=C\C/C=C\C/C=C\C/C=C\C/C=C\C/C=C\C/C=C\CC)COP(=O)(O)OCC[N+](C)(C)C. The molecule has 94 heavy (non-hydrogen) atoms. The molecule has 0 spiro atoms. The van der Waals surface area contributed by atoms with E-state index in [-0.39, 0.29) is 26.1 Å². The number of esters is 2. The number of rotatable bonds is 63. The van der Waals surface area contributed by atoms with Gasteiger partial charge in [-0.05, 0) is 161 Å². The molecule has 0 heterocycles. The summed E-state index contributed by atoms with van der Waals surface area (Å²) in [6.07, 6.45) is 116. The average Bonchev–Trinajstić information content (AvgIpc) is 1.56. The average molecular weight is 1310 g/mol. The molecule has 0 aliphatic carbocycles. The first kappa shape index (κ1) is 88.1. The topological polar surface area (TPSA) is 108 Å². The van der Waals surface area contributed by atoms with Gasteiger partial charge in [-0.1, -0.05) is 290 Å². The van der Waals surface area contributed by atoms with Crippen LogP contribution in [-0.4, -0.2) is 74.9 Å². The Morgan fingerprint density at radius 3 is 0.872 bits per heavy atom. The van der Waals surface area contributed by atoms with Gasteiger partial charge in [0.15, 0.2) is 6.10 Å². The van der Waals surface area contributed by atoms with Crippen molar-refractivity contribution in [3.63, 3.8) is 0 Å². The summed E-state index contributed by atoms with van der Waals surface area (Å²) in [5, 5.41) is 0. The summed E-state index contributed by atoms with van der Waals surface area (Å²) in [5.74, 6) is -0.875. The van der Waals surface area contributed by atoms with Crippen LogP contribution in [0.15, 0.2) is 231 Å². The molecule has 1 N–H and O–H groups in total. The Balaban J connectivity index is 4.24. The number of quaternary nitrogens is 1. The van der Waals surface area contributed by atoms with E-state index in [4.69, 9.17) is 18.5 Å². The molecule has 524 valence electrons. The van der Waals surface area contributed by atoms with Gasteiger partial charge in [0.05, 0.1) is 27.7 Å². The van der Waals surface area contributed by atoms with Crippen LogP contribution in [0.1, 0.15) is 232 Å². The molecule has 0 bridgehead atoms. The Morgan fingerprint density at radius 2 is 0.574 bits per heavy atom. The smallest absolute Gasteiger partial charge is 0.462 e. The van der Waals surface area contributed by atoms with Gasteiger partial charge in [0, 0.05) is 12.8 Å². The fourth-order valence-corrected chi connectivity index (χ4v) is 9.48. The number of nitrogens with zero attached hydrogens (tertiary/aromatic N) is 1. The Labute approximate surface area is 575 Å². The molecule has 0 saturated carbocycles. The highest BCUT2D eigenvalue weighted by Gasteiger charge is 2.27. The number of phosphoric ester groups is 1. The minimum atomic E-state index is -4.43. The third-order valence-corrected chi connectivity index (χ3v) is 15.2. The van der Waals surface area contributed by atoms with E-state index in [9.17, 15) is 19.0 Å². The van der Waals surface area contributed by atoms with E-state index in [0.29, 0.717) is 23.9 Å². The highest BCUT2D eigenvalue weighted by atomic mass is 31.2. The van der Waals surface area contributed by atoms with Gasteiger partial charge in [-0.25, -0.2) is 4.57 Å². The fraction of sp³-hybridized carbons (Fsp3) is 0.524. The van der Waals surface area contributed by atoms with Crippen LogP contribution < -0.4 is 0 Å². The normalized spacial score (nSPS) is 14.5. The second-order valence-electron chi connectivity index (χ2n) is 24.2. The molecule has 2 unspecified atom stereocenters. The van der Waals surface area contributed by atoms with Crippen LogP contribution in [0.4, 0.5) is 0 Å². The molecule has 0 rings (SSSR count). The predicted molar refractivity (Wildman–Crippen MR) is 407 cm³/mol. The molecule has 0 aromatic carbocycles. The first-order valence-electron chi connectivity index (χ1n) is 36.1. The van der Waals surface area contributed by atoms with E-state index < -0.39 is 32.5 Å². The van der Waals surface area contributed by atoms with E-state index in [0.717, 1.165) is 161 Å². The van der Waals surface area contributed by atoms with Crippen LogP contribution in [-0.2, 0) is 32.7 Å². The van der Waals surface area contributed by atoms with Crippen LogP contribution in [0.3, 0.4) is 0 Å². The van der Waals surface area contributed by atoms with Crippen molar-refractivity contribution in [2.75, 3.05) is 47.5 Å². The van der Waals surface area contributed by atoms with Gasteiger partial charge in [-0.3, -0.25) is 18.6 Å². The highest BCUT2D eigenvalue weighted by molar-refractivity contribution is 7.47. The van der Waals surface area contributed by atoms with Gasteiger partial charge in [-0.2, -0.15) is 0 Å². The van der Waals surface area contributed by atoms with Crippen molar-refractivity contribution in [3.05, 3.63) is 231 Å². The zero-order chi connectivity index (χ0) is 68.3. The zero-order valence-corrected chi connectivity index (χ0v) is 60.5. The summed E-state index contributed by atoms with van der Waals surface area (Å²) in [7, 11) is 1.41. The Hall–Kier alpha value is -5.93. The molecule has 0 saturated heterocycles. The molecule has 2 atom stereocenters.